The molecule has 0 unspecified atom stereocenters. The van der Waals surface area contributed by atoms with Gasteiger partial charge in [0.05, 0.1) is 5.69 Å². The van der Waals surface area contributed by atoms with Gasteiger partial charge in [-0.1, -0.05) is 25.7 Å². The molecular formula is C22H29N3O3S. The standard InChI is InChI=1S/C22H29N3O3S/c26-22(24-13-11-16-6-3-4-7-18(16)15-24)17-9-10-19-20(14-17)29(27,28)23-21-8-2-1-5-12-25(19)21/h9-10,14,16,18H,1-8,11-13,15H2/t16-,18-/m1/s1. The monoisotopic (exact) mass is 415 g/mol. The quantitative estimate of drug-likeness (QED) is 0.699. The summed E-state index contributed by atoms with van der Waals surface area (Å²) in [5, 5.41) is 0. The molecule has 2 atom stereocenters. The van der Waals surface area contributed by atoms with Gasteiger partial charge in [0.15, 0.2) is 0 Å². The molecule has 1 aromatic rings. The Labute approximate surface area is 173 Å². The molecule has 2 saturated heterocycles. The van der Waals surface area contributed by atoms with Gasteiger partial charge in [-0.05, 0) is 55.7 Å². The SMILES string of the molecule is O=C(c1ccc2c(c1)S(=O)(=O)N=C1CCCCCN12)N1CC[C@H]2CCCC[C@@H]2C1. The molecule has 1 aromatic carbocycles. The fourth-order valence-corrected chi connectivity index (χ4v) is 6.86. The summed E-state index contributed by atoms with van der Waals surface area (Å²) in [4.78, 5) is 17.3. The maximum absolute atomic E-state index is 13.2. The third-order valence-electron chi connectivity index (χ3n) is 7.17. The number of amides is 1. The van der Waals surface area contributed by atoms with Crippen molar-refractivity contribution in [2.24, 2.45) is 16.2 Å². The number of fused-ring (bicyclic) bond motifs is 4. The minimum atomic E-state index is -3.76. The molecule has 0 aromatic heterocycles. The Balaban J connectivity index is 1.43. The van der Waals surface area contributed by atoms with Crippen LogP contribution in [0.5, 0.6) is 0 Å². The molecule has 1 amide bonds. The molecule has 156 valence electrons. The predicted octanol–water partition coefficient (Wildman–Crippen LogP) is 3.82. The molecule has 3 aliphatic heterocycles. The summed E-state index contributed by atoms with van der Waals surface area (Å²) in [6.07, 6.45) is 9.91. The summed E-state index contributed by atoms with van der Waals surface area (Å²) in [6.45, 7) is 2.36. The van der Waals surface area contributed by atoms with Crippen molar-refractivity contribution >= 4 is 27.5 Å². The van der Waals surface area contributed by atoms with Gasteiger partial charge in [-0.25, -0.2) is 0 Å². The fraction of sp³-hybridized carbons (Fsp3) is 0.636. The Morgan fingerprint density at radius 1 is 0.966 bits per heavy atom. The summed E-state index contributed by atoms with van der Waals surface area (Å²) >= 11 is 0. The molecule has 5 rings (SSSR count). The number of likely N-dealkylation sites (tertiary alicyclic amines) is 1. The Kier molecular flexibility index (Phi) is 4.88. The zero-order valence-electron chi connectivity index (χ0n) is 16.8. The number of piperidine rings is 1. The van der Waals surface area contributed by atoms with Gasteiger partial charge in [-0.15, -0.1) is 4.40 Å². The topological polar surface area (TPSA) is 70.0 Å². The number of anilines is 1. The number of rotatable bonds is 1. The Morgan fingerprint density at radius 3 is 2.66 bits per heavy atom. The highest BCUT2D eigenvalue weighted by Crippen LogP contribution is 2.38. The van der Waals surface area contributed by atoms with Crippen molar-refractivity contribution in [2.45, 2.75) is 62.7 Å². The van der Waals surface area contributed by atoms with Gasteiger partial charge < -0.3 is 9.80 Å². The molecule has 6 nitrogen and oxygen atoms in total. The highest BCUT2D eigenvalue weighted by atomic mass is 32.2. The number of hydrogen-bond acceptors (Lipinski definition) is 4. The van der Waals surface area contributed by atoms with Gasteiger partial charge >= 0.3 is 0 Å². The zero-order valence-corrected chi connectivity index (χ0v) is 17.7. The second kappa shape index (κ2) is 7.42. The van der Waals surface area contributed by atoms with E-state index in [4.69, 9.17) is 0 Å². The van der Waals surface area contributed by atoms with Gasteiger partial charge in [0.2, 0.25) is 0 Å². The van der Waals surface area contributed by atoms with Crippen LogP contribution in [0.4, 0.5) is 5.69 Å². The van der Waals surface area contributed by atoms with E-state index in [0.29, 0.717) is 29.4 Å². The first-order valence-corrected chi connectivity index (χ1v) is 12.5. The van der Waals surface area contributed by atoms with Crippen LogP contribution in [-0.4, -0.2) is 44.7 Å². The molecule has 0 bridgehead atoms. The average Bonchev–Trinajstić information content (AvgIpc) is 2.97. The average molecular weight is 416 g/mol. The van der Waals surface area contributed by atoms with Gasteiger partial charge in [0, 0.05) is 31.6 Å². The smallest absolute Gasteiger partial charge is 0.286 e. The van der Waals surface area contributed by atoms with E-state index in [1.807, 2.05) is 15.9 Å². The first kappa shape index (κ1) is 19.1. The highest BCUT2D eigenvalue weighted by Gasteiger charge is 2.35. The molecule has 29 heavy (non-hydrogen) atoms. The lowest BCUT2D eigenvalue weighted by atomic mass is 9.75. The van der Waals surface area contributed by atoms with Crippen molar-refractivity contribution in [1.29, 1.82) is 0 Å². The molecular weight excluding hydrogens is 386 g/mol. The fourth-order valence-electron chi connectivity index (χ4n) is 5.58. The summed E-state index contributed by atoms with van der Waals surface area (Å²) < 4.78 is 29.8. The van der Waals surface area contributed by atoms with Crippen molar-refractivity contribution in [3.63, 3.8) is 0 Å². The van der Waals surface area contributed by atoms with E-state index in [-0.39, 0.29) is 10.8 Å². The van der Waals surface area contributed by atoms with Crippen LogP contribution in [0.1, 0.15) is 68.1 Å². The number of benzene rings is 1. The Hall–Kier alpha value is -1.89. The third-order valence-corrected chi connectivity index (χ3v) is 8.51. The van der Waals surface area contributed by atoms with Crippen molar-refractivity contribution < 1.29 is 13.2 Å². The second-order valence-electron chi connectivity index (χ2n) is 8.97. The van der Waals surface area contributed by atoms with Crippen LogP contribution < -0.4 is 4.90 Å². The molecule has 7 heteroatoms. The van der Waals surface area contributed by atoms with Crippen LogP contribution in [0.15, 0.2) is 27.5 Å². The van der Waals surface area contributed by atoms with Gasteiger partial charge in [0.1, 0.15) is 10.7 Å². The van der Waals surface area contributed by atoms with E-state index in [1.165, 1.54) is 25.7 Å². The lowest BCUT2D eigenvalue weighted by Gasteiger charge is -2.41. The molecule has 3 heterocycles. The van der Waals surface area contributed by atoms with Crippen LogP contribution in [0.2, 0.25) is 0 Å². The summed E-state index contributed by atoms with van der Waals surface area (Å²) in [6, 6.07) is 5.18. The predicted molar refractivity (Wildman–Crippen MR) is 113 cm³/mol. The number of carbonyl (C=O) groups excluding carboxylic acids is 1. The van der Waals surface area contributed by atoms with Crippen LogP contribution in [0.25, 0.3) is 0 Å². The number of carbonyl (C=O) groups is 1. The van der Waals surface area contributed by atoms with Gasteiger partial charge in [-0.2, -0.15) is 8.42 Å². The molecule has 1 saturated carbocycles. The number of amidine groups is 1. The van der Waals surface area contributed by atoms with Crippen molar-refractivity contribution in [3.8, 4) is 0 Å². The molecule has 1 aliphatic carbocycles. The first-order chi connectivity index (χ1) is 14.0. The largest absolute Gasteiger partial charge is 0.338 e. The van der Waals surface area contributed by atoms with Gasteiger partial charge in [0.25, 0.3) is 15.9 Å². The molecule has 0 spiro atoms. The molecule has 3 fully saturated rings. The minimum absolute atomic E-state index is 0.0438. The van der Waals surface area contributed by atoms with Crippen molar-refractivity contribution in [2.75, 3.05) is 24.5 Å². The minimum Gasteiger partial charge on any atom is -0.338 e. The molecule has 4 aliphatic rings. The van der Waals surface area contributed by atoms with E-state index in [0.717, 1.165) is 51.2 Å². The lowest BCUT2D eigenvalue weighted by Crippen LogP contribution is -2.44. The van der Waals surface area contributed by atoms with Crippen LogP contribution >= 0.6 is 0 Å². The maximum atomic E-state index is 13.2. The third kappa shape index (κ3) is 3.47. The molecule has 0 N–H and O–H groups in total. The summed E-state index contributed by atoms with van der Waals surface area (Å²) in [7, 11) is -3.76. The Morgan fingerprint density at radius 2 is 1.79 bits per heavy atom. The number of nitrogens with zero attached hydrogens (tertiary/aromatic N) is 3. The zero-order chi connectivity index (χ0) is 20.0. The molecule has 0 radical (unpaired) electrons. The normalized spacial score (nSPS) is 28.5. The van der Waals surface area contributed by atoms with Crippen LogP contribution in [0.3, 0.4) is 0 Å². The first-order valence-electron chi connectivity index (χ1n) is 11.1. The number of hydrogen-bond donors (Lipinski definition) is 0. The summed E-state index contributed by atoms with van der Waals surface area (Å²) in [5.74, 6) is 1.96. The van der Waals surface area contributed by atoms with E-state index in [9.17, 15) is 13.2 Å². The van der Waals surface area contributed by atoms with E-state index in [2.05, 4.69) is 4.40 Å². The second-order valence-corrected chi connectivity index (χ2v) is 10.5. The van der Waals surface area contributed by atoms with E-state index in [1.54, 1.807) is 12.1 Å². The van der Waals surface area contributed by atoms with Gasteiger partial charge in [-0.3, -0.25) is 4.79 Å². The Bertz CT molecular complexity index is 956. The van der Waals surface area contributed by atoms with Crippen molar-refractivity contribution in [3.05, 3.63) is 23.8 Å². The number of sulfonamides is 1. The maximum Gasteiger partial charge on any atom is 0.286 e. The summed E-state index contributed by atoms with van der Waals surface area (Å²) in [5.41, 5.74) is 1.15. The highest BCUT2D eigenvalue weighted by molar-refractivity contribution is 7.90. The van der Waals surface area contributed by atoms with Crippen molar-refractivity contribution in [1.82, 2.24) is 4.90 Å². The van der Waals surface area contributed by atoms with E-state index < -0.39 is 10.0 Å². The van der Waals surface area contributed by atoms with Crippen LogP contribution in [-0.2, 0) is 10.0 Å². The van der Waals surface area contributed by atoms with Crippen LogP contribution in [0, 0.1) is 11.8 Å². The van der Waals surface area contributed by atoms with E-state index >= 15 is 0 Å². The lowest BCUT2D eigenvalue weighted by molar-refractivity contribution is 0.0520.